The molecule has 0 aliphatic rings. The minimum atomic E-state index is -0.170. The van der Waals surface area contributed by atoms with Crippen molar-refractivity contribution in [3.8, 4) is 11.1 Å². The van der Waals surface area contributed by atoms with Gasteiger partial charge in [-0.3, -0.25) is 9.59 Å². The number of nitrogens with zero attached hydrogens (tertiary/aromatic N) is 1. The SMILES string of the molecule is C=CC(=O)c1cc2c(-c3ccc(C(C)=O)cc3)ccnc2[nH]1. The fraction of sp³-hybridized carbons (Fsp3) is 0.0556. The van der Waals surface area contributed by atoms with Gasteiger partial charge in [0.25, 0.3) is 0 Å². The Hall–Kier alpha value is -3.01. The van der Waals surface area contributed by atoms with Gasteiger partial charge in [-0.2, -0.15) is 0 Å². The lowest BCUT2D eigenvalue weighted by Gasteiger charge is -2.04. The van der Waals surface area contributed by atoms with Gasteiger partial charge in [-0.15, -0.1) is 0 Å². The van der Waals surface area contributed by atoms with Gasteiger partial charge in [0.15, 0.2) is 5.78 Å². The molecule has 108 valence electrons. The summed E-state index contributed by atoms with van der Waals surface area (Å²) in [5.41, 5.74) is 3.71. The summed E-state index contributed by atoms with van der Waals surface area (Å²) in [5, 5.41) is 0.864. The number of hydrogen-bond acceptors (Lipinski definition) is 3. The highest BCUT2D eigenvalue weighted by Crippen LogP contribution is 2.28. The number of carbonyl (C=O) groups is 2. The van der Waals surface area contributed by atoms with E-state index in [0.29, 0.717) is 16.9 Å². The molecule has 0 unspecified atom stereocenters. The van der Waals surface area contributed by atoms with Crippen molar-refractivity contribution < 1.29 is 9.59 Å². The van der Waals surface area contributed by atoms with Gasteiger partial charge in [-0.1, -0.05) is 30.8 Å². The third kappa shape index (κ3) is 2.35. The van der Waals surface area contributed by atoms with E-state index in [1.54, 1.807) is 31.3 Å². The minimum Gasteiger partial charge on any atom is -0.337 e. The lowest BCUT2D eigenvalue weighted by atomic mass is 10.0. The molecule has 0 aliphatic heterocycles. The van der Waals surface area contributed by atoms with Crippen LogP contribution in [-0.4, -0.2) is 21.5 Å². The Morgan fingerprint density at radius 1 is 1.18 bits per heavy atom. The number of pyridine rings is 1. The van der Waals surface area contributed by atoms with E-state index >= 15 is 0 Å². The van der Waals surface area contributed by atoms with Gasteiger partial charge in [-0.05, 0) is 36.3 Å². The molecule has 22 heavy (non-hydrogen) atoms. The van der Waals surface area contributed by atoms with Crippen molar-refractivity contribution in [3.05, 3.63) is 66.5 Å². The second kappa shape index (κ2) is 5.41. The van der Waals surface area contributed by atoms with Gasteiger partial charge in [0, 0.05) is 17.1 Å². The molecule has 3 aromatic rings. The van der Waals surface area contributed by atoms with E-state index in [1.807, 2.05) is 18.2 Å². The molecule has 4 heteroatoms. The first-order valence-corrected chi connectivity index (χ1v) is 6.86. The van der Waals surface area contributed by atoms with Gasteiger partial charge in [0.05, 0.1) is 5.69 Å². The van der Waals surface area contributed by atoms with Crippen molar-refractivity contribution in [2.75, 3.05) is 0 Å². The quantitative estimate of drug-likeness (QED) is 0.587. The summed E-state index contributed by atoms with van der Waals surface area (Å²) in [6.45, 7) is 5.03. The largest absolute Gasteiger partial charge is 0.337 e. The molecule has 1 N–H and O–H groups in total. The highest BCUT2D eigenvalue weighted by molar-refractivity contribution is 6.07. The van der Waals surface area contributed by atoms with E-state index in [9.17, 15) is 9.59 Å². The number of Topliss-reactive ketones (excluding diaryl/α,β-unsaturated/α-hetero) is 1. The fourth-order valence-corrected chi connectivity index (χ4v) is 2.41. The Bertz CT molecular complexity index is 889. The van der Waals surface area contributed by atoms with E-state index in [-0.39, 0.29) is 11.6 Å². The Morgan fingerprint density at radius 2 is 1.91 bits per heavy atom. The summed E-state index contributed by atoms with van der Waals surface area (Å²) in [6, 6.07) is 11.1. The summed E-state index contributed by atoms with van der Waals surface area (Å²) < 4.78 is 0. The summed E-state index contributed by atoms with van der Waals surface area (Å²) in [4.78, 5) is 30.3. The van der Waals surface area contributed by atoms with E-state index < -0.39 is 0 Å². The number of aromatic amines is 1. The van der Waals surface area contributed by atoms with Crippen molar-refractivity contribution in [2.24, 2.45) is 0 Å². The average molecular weight is 290 g/mol. The van der Waals surface area contributed by atoms with Crippen LogP contribution in [0, 0.1) is 0 Å². The average Bonchev–Trinajstić information content (AvgIpc) is 2.98. The normalized spacial score (nSPS) is 10.6. The number of hydrogen-bond donors (Lipinski definition) is 1. The molecule has 0 saturated heterocycles. The topological polar surface area (TPSA) is 62.8 Å². The monoisotopic (exact) mass is 290 g/mol. The zero-order chi connectivity index (χ0) is 15.7. The number of carbonyl (C=O) groups excluding carboxylic acids is 2. The first kappa shape index (κ1) is 13.9. The molecule has 0 bridgehead atoms. The number of benzene rings is 1. The van der Waals surface area contributed by atoms with Gasteiger partial charge in [-0.25, -0.2) is 4.98 Å². The third-order valence-corrected chi connectivity index (χ3v) is 3.59. The van der Waals surface area contributed by atoms with Crippen molar-refractivity contribution in [2.45, 2.75) is 6.92 Å². The van der Waals surface area contributed by atoms with Crippen LogP contribution in [0.2, 0.25) is 0 Å². The molecule has 0 saturated carbocycles. The molecular weight excluding hydrogens is 276 g/mol. The van der Waals surface area contributed by atoms with E-state index in [1.165, 1.54) is 6.08 Å². The van der Waals surface area contributed by atoms with Gasteiger partial charge in [0.2, 0.25) is 5.78 Å². The minimum absolute atomic E-state index is 0.0342. The lowest BCUT2D eigenvalue weighted by molar-refractivity contribution is 0.101. The molecule has 2 aromatic heterocycles. The van der Waals surface area contributed by atoms with Crippen LogP contribution in [0.15, 0.2) is 55.3 Å². The molecule has 0 aliphatic carbocycles. The van der Waals surface area contributed by atoms with Crippen molar-refractivity contribution >= 4 is 22.6 Å². The highest BCUT2D eigenvalue weighted by atomic mass is 16.1. The predicted octanol–water partition coefficient (Wildman–Crippen LogP) is 3.80. The number of nitrogens with one attached hydrogen (secondary N) is 1. The summed E-state index contributed by atoms with van der Waals surface area (Å²) in [7, 11) is 0. The smallest absolute Gasteiger partial charge is 0.201 e. The van der Waals surface area contributed by atoms with Crippen LogP contribution in [0.1, 0.15) is 27.8 Å². The second-order valence-corrected chi connectivity index (χ2v) is 5.01. The fourth-order valence-electron chi connectivity index (χ4n) is 2.41. The Balaban J connectivity index is 2.14. The summed E-state index contributed by atoms with van der Waals surface area (Å²) in [5.74, 6) is -0.136. The Kier molecular flexibility index (Phi) is 3.43. The van der Waals surface area contributed by atoms with Crippen molar-refractivity contribution in [1.29, 1.82) is 0 Å². The number of H-pyrrole nitrogens is 1. The third-order valence-electron chi connectivity index (χ3n) is 3.59. The second-order valence-electron chi connectivity index (χ2n) is 5.01. The zero-order valence-electron chi connectivity index (χ0n) is 12.1. The van der Waals surface area contributed by atoms with Crippen LogP contribution in [0.3, 0.4) is 0 Å². The Morgan fingerprint density at radius 3 is 2.55 bits per heavy atom. The van der Waals surface area contributed by atoms with Crippen molar-refractivity contribution in [3.63, 3.8) is 0 Å². The number of fused-ring (bicyclic) bond motifs is 1. The molecule has 0 atom stereocenters. The summed E-state index contributed by atoms with van der Waals surface area (Å²) >= 11 is 0. The van der Waals surface area contributed by atoms with E-state index in [4.69, 9.17) is 0 Å². The maximum Gasteiger partial charge on any atom is 0.201 e. The van der Waals surface area contributed by atoms with Crippen LogP contribution in [0.25, 0.3) is 22.2 Å². The Labute approximate surface area is 127 Å². The van der Waals surface area contributed by atoms with Crippen molar-refractivity contribution in [1.82, 2.24) is 9.97 Å². The van der Waals surface area contributed by atoms with E-state index in [2.05, 4.69) is 16.5 Å². The number of aromatic nitrogens is 2. The first-order chi connectivity index (χ1) is 10.6. The van der Waals surface area contributed by atoms with Crippen LogP contribution >= 0.6 is 0 Å². The number of allylic oxidation sites excluding steroid dienone is 1. The maximum atomic E-state index is 11.7. The lowest BCUT2D eigenvalue weighted by Crippen LogP contribution is -1.92. The van der Waals surface area contributed by atoms with Crippen LogP contribution in [0.5, 0.6) is 0 Å². The highest BCUT2D eigenvalue weighted by Gasteiger charge is 2.11. The van der Waals surface area contributed by atoms with Gasteiger partial charge in [0.1, 0.15) is 5.65 Å². The molecule has 0 spiro atoms. The molecule has 3 rings (SSSR count). The number of rotatable bonds is 4. The number of ketones is 2. The van der Waals surface area contributed by atoms with E-state index in [0.717, 1.165) is 16.5 Å². The van der Waals surface area contributed by atoms with Crippen LogP contribution in [-0.2, 0) is 0 Å². The molecule has 0 amide bonds. The molecule has 1 aromatic carbocycles. The van der Waals surface area contributed by atoms with Gasteiger partial charge >= 0.3 is 0 Å². The molecule has 0 radical (unpaired) electrons. The molecular formula is C18H14N2O2. The predicted molar refractivity (Wildman–Crippen MR) is 86.1 cm³/mol. The summed E-state index contributed by atoms with van der Waals surface area (Å²) in [6.07, 6.45) is 2.96. The van der Waals surface area contributed by atoms with Crippen LogP contribution in [0.4, 0.5) is 0 Å². The maximum absolute atomic E-state index is 11.7. The van der Waals surface area contributed by atoms with Gasteiger partial charge < -0.3 is 4.98 Å². The first-order valence-electron chi connectivity index (χ1n) is 6.86. The molecule has 4 nitrogen and oxygen atoms in total. The standard InChI is InChI=1S/C18H14N2O2/c1-3-17(22)16-10-15-14(8-9-19-18(15)20-16)13-6-4-12(5-7-13)11(2)21/h3-10H,1H2,2H3,(H,19,20). The molecule has 0 fully saturated rings. The molecule has 2 heterocycles. The van der Waals surface area contributed by atoms with Crippen LogP contribution < -0.4 is 0 Å². The zero-order valence-corrected chi connectivity index (χ0v) is 12.1.